The molecule has 18 heavy (non-hydrogen) atoms. The second kappa shape index (κ2) is 3.60. The Labute approximate surface area is 105 Å². The van der Waals surface area contributed by atoms with Gasteiger partial charge in [0.1, 0.15) is 6.33 Å². The molecule has 1 aromatic carbocycles. The zero-order chi connectivity index (χ0) is 11.9. The predicted octanol–water partition coefficient (Wildman–Crippen LogP) is 2.79. The number of pyridine rings is 1. The summed E-state index contributed by atoms with van der Waals surface area (Å²) in [7, 11) is 0. The van der Waals surface area contributed by atoms with Crippen LogP contribution in [0.15, 0.2) is 42.9 Å². The SMILES string of the molecule is c1ccc2c(c1)CCc1cc3cncnc3nc1-2. The van der Waals surface area contributed by atoms with Crippen molar-refractivity contribution in [2.24, 2.45) is 0 Å². The van der Waals surface area contributed by atoms with E-state index in [0.29, 0.717) is 0 Å². The van der Waals surface area contributed by atoms with Crippen LogP contribution >= 0.6 is 0 Å². The molecule has 0 atom stereocenters. The molecule has 3 nitrogen and oxygen atoms in total. The van der Waals surface area contributed by atoms with Gasteiger partial charge < -0.3 is 0 Å². The molecule has 0 saturated carbocycles. The fourth-order valence-corrected chi connectivity index (χ4v) is 2.63. The van der Waals surface area contributed by atoms with Gasteiger partial charge in [-0.2, -0.15) is 0 Å². The number of fused-ring (bicyclic) bond motifs is 4. The van der Waals surface area contributed by atoms with Crippen LogP contribution in [-0.4, -0.2) is 15.0 Å². The van der Waals surface area contributed by atoms with Crippen LogP contribution in [0, 0.1) is 0 Å². The number of aryl methyl sites for hydroxylation is 2. The average Bonchev–Trinajstić information content (AvgIpc) is 2.45. The number of nitrogens with zero attached hydrogens (tertiary/aromatic N) is 3. The van der Waals surface area contributed by atoms with Crippen LogP contribution in [0.2, 0.25) is 0 Å². The van der Waals surface area contributed by atoms with Crippen LogP contribution in [0.25, 0.3) is 22.3 Å². The highest BCUT2D eigenvalue weighted by Crippen LogP contribution is 2.32. The first-order valence-corrected chi connectivity index (χ1v) is 6.10. The van der Waals surface area contributed by atoms with Crippen molar-refractivity contribution in [2.45, 2.75) is 12.8 Å². The molecule has 2 aromatic heterocycles. The van der Waals surface area contributed by atoms with Crippen molar-refractivity contribution < 1.29 is 0 Å². The van der Waals surface area contributed by atoms with Gasteiger partial charge in [0.25, 0.3) is 0 Å². The Morgan fingerprint density at radius 1 is 1.00 bits per heavy atom. The highest BCUT2D eigenvalue weighted by molar-refractivity contribution is 5.81. The summed E-state index contributed by atoms with van der Waals surface area (Å²) in [5.41, 5.74) is 5.80. The summed E-state index contributed by atoms with van der Waals surface area (Å²) < 4.78 is 0. The lowest BCUT2D eigenvalue weighted by molar-refractivity contribution is 0.930. The standard InChI is InChI=1S/C15H11N3/c1-2-4-13-10(3-1)5-6-11-7-12-8-16-9-17-15(12)18-14(11)13/h1-4,7-9H,5-6H2. The maximum atomic E-state index is 4.71. The topological polar surface area (TPSA) is 38.7 Å². The zero-order valence-corrected chi connectivity index (χ0v) is 9.80. The van der Waals surface area contributed by atoms with Gasteiger partial charge >= 0.3 is 0 Å². The maximum absolute atomic E-state index is 4.71. The third kappa shape index (κ3) is 1.34. The highest BCUT2D eigenvalue weighted by Gasteiger charge is 2.17. The Morgan fingerprint density at radius 2 is 1.89 bits per heavy atom. The molecule has 0 aliphatic heterocycles. The smallest absolute Gasteiger partial charge is 0.163 e. The molecule has 0 saturated heterocycles. The van der Waals surface area contributed by atoms with E-state index in [-0.39, 0.29) is 0 Å². The summed E-state index contributed by atoms with van der Waals surface area (Å²) in [6.45, 7) is 0. The minimum absolute atomic E-state index is 0.778. The number of aromatic nitrogens is 3. The molecule has 3 heteroatoms. The molecule has 0 N–H and O–H groups in total. The first-order valence-electron chi connectivity index (χ1n) is 6.10. The Balaban J connectivity index is 2.06. The monoisotopic (exact) mass is 233 g/mol. The normalized spacial score (nSPS) is 13.1. The maximum Gasteiger partial charge on any atom is 0.163 e. The lowest BCUT2D eigenvalue weighted by atomic mass is 9.89. The zero-order valence-electron chi connectivity index (χ0n) is 9.80. The summed E-state index contributed by atoms with van der Waals surface area (Å²) in [6.07, 6.45) is 5.51. The molecule has 4 rings (SSSR count). The van der Waals surface area contributed by atoms with Gasteiger partial charge in [-0.3, -0.25) is 0 Å². The van der Waals surface area contributed by atoms with E-state index in [1.807, 2.05) is 6.20 Å². The van der Waals surface area contributed by atoms with Crippen molar-refractivity contribution in [1.82, 2.24) is 15.0 Å². The number of hydrogen-bond donors (Lipinski definition) is 0. The van der Waals surface area contributed by atoms with E-state index < -0.39 is 0 Å². The van der Waals surface area contributed by atoms with E-state index in [9.17, 15) is 0 Å². The van der Waals surface area contributed by atoms with Gasteiger partial charge in [-0.1, -0.05) is 24.3 Å². The highest BCUT2D eigenvalue weighted by atomic mass is 14.9. The molecular weight excluding hydrogens is 222 g/mol. The van der Waals surface area contributed by atoms with Crippen molar-refractivity contribution in [3.05, 3.63) is 54.0 Å². The third-order valence-electron chi connectivity index (χ3n) is 3.51. The van der Waals surface area contributed by atoms with Crippen LogP contribution in [0.3, 0.4) is 0 Å². The summed E-state index contributed by atoms with van der Waals surface area (Å²) in [5.74, 6) is 0. The van der Waals surface area contributed by atoms with Crippen LogP contribution in [0.4, 0.5) is 0 Å². The van der Waals surface area contributed by atoms with E-state index in [4.69, 9.17) is 4.98 Å². The largest absolute Gasteiger partial charge is 0.244 e. The molecular formula is C15H11N3. The number of hydrogen-bond acceptors (Lipinski definition) is 3. The molecule has 1 aliphatic carbocycles. The molecule has 0 fully saturated rings. The number of benzene rings is 1. The second-order valence-corrected chi connectivity index (χ2v) is 4.59. The van der Waals surface area contributed by atoms with E-state index in [0.717, 1.165) is 29.6 Å². The minimum atomic E-state index is 0.778. The van der Waals surface area contributed by atoms with E-state index >= 15 is 0 Å². The molecule has 0 unspecified atom stereocenters. The number of rotatable bonds is 0. The Kier molecular flexibility index (Phi) is 1.94. The van der Waals surface area contributed by atoms with Gasteiger partial charge in [-0.15, -0.1) is 0 Å². The van der Waals surface area contributed by atoms with Crippen LogP contribution in [-0.2, 0) is 12.8 Å². The Hall–Kier alpha value is -2.29. The van der Waals surface area contributed by atoms with Crippen molar-refractivity contribution in [1.29, 1.82) is 0 Å². The van der Waals surface area contributed by atoms with Crippen LogP contribution in [0.5, 0.6) is 0 Å². The molecule has 0 bridgehead atoms. The summed E-state index contributed by atoms with van der Waals surface area (Å²) >= 11 is 0. The quantitative estimate of drug-likeness (QED) is 0.599. The lowest BCUT2D eigenvalue weighted by Gasteiger charge is -2.18. The average molecular weight is 233 g/mol. The van der Waals surface area contributed by atoms with Crippen molar-refractivity contribution in [2.75, 3.05) is 0 Å². The van der Waals surface area contributed by atoms with Crippen molar-refractivity contribution >= 4 is 11.0 Å². The molecule has 86 valence electrons. The molecule has 0 radical (unpaired) electrons. The van der Waals surface area contributed by atoms with E-state index in [1.165, 1.54) is 16.7 Å². The van der Waals surface area contributed by atoms with Crippen LogP contribution < -0.4 is 0 Å². The van der Waals surface area contributed by atoms with E-state index in [2.05, 4.69) is 40.3 Å². The van der Waals surface area contributed by atoms with Gasteiger partial charge in [-0.05, 0) is 30.0 Å². The Morgan fingerprint density at radius 3 is 2.89 bits per heavy atom. The second-order valence-electron chi connectivity index (χ2n) is 4.59. The van der Waals surface area contributed by atoms with Gasteiger partial charge in [0.05, 0.1) is 5.69 Å². The van der Waals surface area contributed by atoms with Gasteiger partial charge in [-0.25, -0.2) is 15.0 Å². The van der Waals surface area contributed by atoms with Gasteiger partial charge in [0.15, 0.2) is 5.65 Å². The van der Waals surface area contributed by atoms with Crippen molar-refractivity contribution in [3.63, 3.8) is 0 Å². The molecule has 1 aliphatic rings. The fraction of sp³-hybridized carbons (Fsp3) is 0.133. The molecule has 2 heterocycles. The fourth-order valence-electron chi connectivity index (χ4n) is 2.63. The summed E-state index contributed by atoms with van der Waals surface area (Å²) in [4.78, 5) is 13.0. The van der Waals surface area contributed by atoms with E-state index in [1.54, 1.807) is 6.33 Å². The van der Waals surface area contributed by atoms with Crippen LogP contribution in [0.1, 0.15) is 11.1 Å². The predicted molar refractivity (Wildman–Crippen MR) is 70.2 cm³/mol. The van der Waals surface area contributed by atoms with Gasteiger partial charge in [0, 0.05) is 17.1 Å². The lowest BCUT2D eigenvalue weighted by Crippen LogP contribution is -2.06. The first-order chi connectivity index (χ1) is 8.92. The first kappa shape index (κ1) is 9.71. The Bertz CT molecular complexity index is 750. The van der Waals surface area contributed by atoms with Crippen molar-refractivity contribution in [3.8, 4) is 11.3 Å². The van der Waals surface area contributed by atoms with Gasteiger partial charge in [0.2, 0.25) is 0 Å². The minimum Gasteiger partial charge on any atom is -0.244 e. The summed E-state index contributed by atoms with van der Waals surface area (Å²) in [5, 5.41) is 1.02. The molecule has 0 amide bonds. The molecule has 3 aromatic rings. The molecule has 0 spiro atoms. The summed E-state index contributed by atoms with van der Waals surface area (Å²) in [6, 6.07) is 10.7. The third-order valence-corrected chi connectivity index (χ3v) is 3.51.